The van der Waals surface area contributed by atoms with Gasteiger partial charge < -0.3 is 14.2 Å². The molecule has 5 nitrogen and oxygen atoms in total. The van der Waals surface area contributed by atoms with E-state index < -0.39 is 13.6 Å². The van der Waals surface area contributed by atoms with Crippen LogP contribution in [-0.4, -0.2) is 30.5 Å². The van der Waals surface area contributed by atoms with Gasteiger partial charge in [0.05, 0.1) is 13.2 Å². The molecule has 0 radical (unpaired) electrons. The fourth-order valence-electron chi connectivity index (χ4n) is 0.869. The second-order valence-electron chi connectivity index (χ2n) is 2.95. The first kappa shape index (κ1) is 14.4. The Morgan fingerprint density at radius 1 is 1.40 bits per heavy atom. The molecule has 0 aromatic heterocycles. The fraction of sp³-hybridized carbons (Fsp3) is 0.667. The molecule has 0 aliphatic carbocycles. The predicted octanol–water partition coefficient (Wildman–Crippen LogP) is 2.28. The molecular formula is C9H17O5P. The van der Waals surface area contributed by atoms with Crippen molar-refractivity contribution in [2.24, 2.45) is 0 Å². The van der Waals surface area contributed by atoms with E-state index in [-0.39, 0.29) is 12.8 Å². The van der Waals surface area contributed by atoms with Crippen molar-refractivity contribution in [2.45, 2.75) is 20.8 Å². The van der Waals surface area contributed by atoms with Crippen molar-refractivity contribution in [1.82, 2.24) is 0 Å². The minimum absolute atomic E-state index is 0.0113. The van der Waals surface area contributed by atoms with Gasteiger partial charge in [-0.15, -0.1) is 0 Å². The highest BCUT2D eigenvalue weighted by molar-refractivity contribution is 7.53. The van der Waals surface area contributed by atoms with Crippen LogP contribution in [0.2, 0.25) is 0 Å². The van der Waals surface area contributed by atoms with Crippen LogP contribution in [0.5, 0.6) is 0 Å². The Labute approximate surface area is 89.6 Å². The molecule has 0 heterocycles. The largest absolute Gasteiger partial charge is 0.478 e. The SMILES string of the molecule is CCOP(=O)(CC)OCC(C)=CC(=O)O. The molecule has 0 aromatic carbocycles. The maximum absolute atomic E-state index is 11.8. The van der Waals surface area contributed by atoms with E-state index >= 15 is 0 Å². The van der Waals surface area contributed by atoms with Crippen molar-refractivity contribution >= 4 is 13.6 Å². The van der Waals surface area contributed by atoms with Gasteiger partial charge in [-0.2, -0.15) is 0 Å². The van der Waals surface area contributed by atoms with E-state index in [0.29, 0.717) is 12.2 Å². The van der Waals surface area contributed by atoms with Crippen LogP contribution in [0.15, 0.2) is 11.6 Å². The Kier molecular flexibility index (Phi) is 6.48. The topological polar surface area (TPSA) is 72.8 Å². The van der Waals surface area contributed by atoms with Gasteiger partial charge in [0.2, 0.25) is 0 Å². The summed E-state index contributed by atoms with van der Waals surface area (Å²) in [7, 11) is -3.03. The van der Waals surface area contributed by atoms with E-state index in [2.05, 4.69) is 0 Å². The zero-order valence-corrected chi connectivity index (χ0v) is 10.1. The van der Waals surface area contributed by atoms with Crippen molar-refractivity contribution in [3.63, 3.8) is 0 Å². The van der Waals surface area contributed by atoms with Crippen molar-refractivity contribution in [3.8, 4) is 0 Å². The first-order valence-corrected chi connectivity index (χ1v) is 6.44. The monoisotopic (exact) mass is 236 g/mol. The Hall–Kier alpha value is -0.640. The molecule has 0 aliphatic rings. The van der Waals surface area contributed by atoms with Gasteiger partial charge in [-0.25, -0.2) is 4.79 Å². The highest BCUT2D eigenvalue weighted by Crippen LogP contribution is 2.47. The molecule has 0 saturated carbocycles. The number of carbonyl (C=O) groups is 1. The highest BCUT2D eigenvalue weighted by atomic mass is 31.2. The van der Waals surface area contributed by atoms with Crippen molar-refractivity contribution in [1.29, 1.82) is 0 Å². The summed E-state index contributed by atoms with van der Waals surface area (Å²) < 4.78 is 21.8. The maximum atomic E-state index is 11.8. The van der Waals surface area contributed by atoms with Gasteiger partial charge in [-0.3, -0.25) is 4.57 Å². The lowest BCUT2D eigenvalue weighted by Crippen LogP contribution is -2.02. The Bertz CT molecular complexity index is 284. The standard InChI is InChI=1S/C9H17O5P/c1-4-13-15(12,5-2)14-7-8(3)6-9(10)11/h6H,4-5,7H2,1-3H3,(H,10,11). The fourth-order valence-corrected chi connectivity index (χ4v) is 2.10. The molecule has 0 saturated heterocycles. The molecule has 1 unspecified atom stereocenters. The van der Waals surface area contributed by atoms with Gasteiger partial charge >= 0.3 is 13.6 Å². The molecular weight excluding hydrogens is 219 g/mol. The number of carboxylic acid groups (broad SMARTS) is 1. The molecule has 0 bridgehead atoms. The second kappa shape index (κ2) is 6.77. The van der Waals surface area contributed by atoms with E-state index in [1.807, 2.05) is 0 Å². The van der Waals surface area contributed by atoms with Gasteiger partial charge in [-0.1, -0.05) is 6.92 Å². The molecule has 0 spiro atoms. The van der Waals surface area contributed by atoms with Crippen LogP contribution < -0.4 is 0 Å². The third kappa shape index (κ3) is 6.44. The Balaban J connectivity index is 4.23. The van der Waals surface area contributed by atoms with Crippen LogP contribution in [0.4, 0.5) is 0 Å². The third-order valence-corrected chi connectivity index (χ3v) is 3.52. The maximum Gasteiger partial charge on any atom is 0.330 e. The second-order valence-corrected chi connectivity index (χ2v) is 5.32. The molecule has 0 fully saturated rings. The van der Waals surface area contributed by atoms with E-state index in [1.54, 1.807) is 20.8 Å². The quantitative estimate of drug-likeness (QED) is 0.542. The summed E-state index contributed by atoms with van der Waals surface area (Å²) >= 11 is 0. The average Bonchev–Trinajstić information content (AvgIpc) is 2.14. The van der Waals surface area contributed by atoms with E-state index in [0.717, 1.165) is 6.08 Å². The van der Waals surface area contributed by atoms with Crippen LogP contribution in [0, 0.1) is 0 Å². The molecule has 88 valence electrons. The van der Waals surface area contributed by atoms with E-state index in [4.69, 9.17) is 14.2 Å². The summed E-state index contributed by atoms with van der Waals surface area (Å²) in [5.41, 5.74) is 0.496. The lowest BCUT2D eigenvalue weighted by Gasteiger charge is -2.15. The average molecular weight is 236 g/mol. The lowest BCUT2D eigenvalue weighted by atomic mass is 10.3. The summed E-state index contributed by atoms with van der Waals surface area (Å²) in [6.45, 7) is 5.35. The normalized spacial score (nSPS) is 16.1. The number of hydrogen-bond acceptors (Lipinski definition) is 4. The minimum Gasteiger partial charge on any atom is -0.478 e. The van der Waals surface area contributed by atoms with Crippen LogP contribution in [-0.2, 0) is 18.4 Å². The van der Waals surface area contributed by atoms with Crippen molar-refractivity contribution in [2.75, 3.05) is 19.4 Å². The van der Waals surface area contributed by atoms with E-state index in [9.17, 15) is 9.36 Å². The molecule has 0 rings (SSSR count). The van der Waals surface area contributed by atoms with Gasteiger partial charge in [0.25, 0.3) is 0 Å². The van der Waals surface area contributed by atoms with Crippen LogP contribution in [0.1, 0.15) is 20.8 Å². The molecule has 0 aromatic rings. The number of hydrogen-bond donors (Lipinski definition) is 1. The van der Waals surface area contributed by atoms with Gasteiger partial charge in [0, 0.05) is 12.2 Å². The molecule has 6 heteroatoms. The third-order valence-electron chi connectivity index (χ3n) is 1.57. The first-order chi connectivity index (χ1) is 6.93. The lowest BCUT2D eigenvalue weighted by molar-refractivity contribution is -0.131. The molecule has 0 amide bonds. The van der Waals surface area contributed by atoms with Gasteiger partial charge in [-0.05, 0) is 19.4 Å². The smallest absolute Gasteiger partial charge is 0.330 e. The predicted molar refractivity (Wildman–Crippen MR) is 57.1 cm³/mol. The minimum atomic E-state index is -3.03. The highest BCUT2D eigenvalue weighted by Gasteiger charge is 2.20. The summed E-state index contributed by atoms with van der Waals surface area (Å²) in [6, 6.07) is 0. The first-order valence-electron chi connectivity index (χ1n) is 4.71. The molecule has 1 atom stereocenters. The van der Waals surface area contributed by atoms with Gasteiger partial charge in [0.1, 0.15) is 0 Å². The zero-order valence-electron chi connectivity index (χ0n) is 9.23. The van der Waals surface area contributed by atoms with Crippen molar-refractivity contribution in [3.05, 3.63) is 11.6 Å². The zero-order chi connectivity index (χ0) is 11.9. The van der Waals surface area contributed by atoms with Crippen LogP contribution in [0.3, 0.4) is 0 Å². The summed E-state index contributed by atoms with van der Waals surface area (Å²) in [4.78, 5) is 10.3. The summed E-state index contributed by atoms with van der Waals surface area (Å²) in [6.07, 6.45) is 1.30. The Morgan fingerprint density at radius 3 is 2.40 bits per heavy atom. The number of carboxylic acids is 1. The number of rotatable bonds is 7. The molecule has 15 heavy (non-hydrogen) atoms. The van der Waals surface area contributed by atoms with E-state index in [1.165, 1.54) is 0 Å². The molecule has 0 aliphatic heterocycles. The Morgan fingerprint density at radius 2 is 2.00 bits per heavy atom. The van der Waals surface area contributed by atoms with Crippen LogP contribution >= 0.6 is 7.60 Å². The summed E-state index contributed by atoms with van der Waals surface area (Å²) in [5, 5.41) is 8.44. The van der Waals surface area contributed by atoms with Crippen LogP contribution in [0.25, 0.3) is 0 Å². The van der Waals surface area contributed by atoms with Gasteiger partial charge in [0.15, 0.2) is 0 Å². The van der Waals surface area contributed by atoms with Crippen molar-refractivity contribution < 1.29 is 23.5 Å². The molecule has 1 N–H and O–H groups in total. The number of aliphatic carboxylic acids is 1. The summed E-state index contributed by atoms with van der Waals surface area (Å²) in [5.74, 6) is -1.04.